The van der Waals surface area contributed by atoms with Gasteiger partial charge in [-0.15, -0.1) is 10.2 Å². The summed E-state index contributed by atoms with van der Waals surface area (Å²) in [6.45, 7) is 1.60. The van der Waals surface area contributed by atoms with Crippen LogP contribution in [0.3, 0.4) is 0 Å². The number of hydrogen-bond acceptors (Lipinski definition) is 4. The van der Waals surface area contributed by atoms with Crippen molar-refractivity contribution in [1.82, 2.24) is 15.5 Å². The van der Waals surface area contributed by atoms with Crippen molar-refractivity contribution in [2.24, 2.45) is 0 Å². The first-order valence-corrected chi connectivity index (χ1v) is 6.67. The van der Waals surface area contributed by atoms with Gasteiger partial charge >= 0.3 is 0 Å². The van der Waals surface area contributed by atoms with Gasteiger partial charge in [-0.1, -0.05) is 15.9 Å². The molecule has 0 amide bonds. The third-order valence-corrected chi connectivity index (χ3v) is 3.04. The van der Waals surface area contributed by atoms with E-state index in [4.69, 9.17) is 0 Å². The topological polar surface area (TPSA) is 49.8 Å². The molecule has 0 atom stereocenters. The Morgan fingerprint density at radius 1 is 1.16 bits per heavy atom. The molecule has 0 fully saturated rings. The van der Waals surface area contributed by atoms with E-state index in [-0.39, 0.29) is 5.82 Å². The monoisotopic (exact) mass is 324 g/mol. The van der Waals surface area contributed by atoms with E-state index in [2.05, 4.69) is 36.8 Å². The van der Waals surface area contributed by atoms with Gasteiger partial charge in [-0.05, 0) is 37.4 Å². The van der Waals surface area contributed by atoms with Gasteiger partial charge < -0.3 is 10.6 Å². The standard InChI is InChI=1S/C13H14BrFN4/c1-16-6-7-17-13-5-4-12(18-19-13)10-8-9(14)2-3-11(10)15/h2-5,8,16H,6-7H2,1H3,(H,17,19). The highest BCUT2D eigenvalue weighted by Crippen LogP contribution is 2.24. The first kappa shape index (κ1) is 13.9. The summed E-state index contributed by atoms with van der Waals surface area (Å²) in [6.07, 6.45) is 0. The van der Waals surface area contributed by atoms with Crippen LogP contribution in [-0.2, 0) is 0 Å². The molecule has 0 saturated carbocycles. The van der Waals surface area contributed by atoms with Crippen LogP contribution in [0.1, 0.15) is 0 Å². The summed E-state index contributed by atoms with van der Waals surface area (Å²) in [5, 5.41) is 14.2. The number of nitrogens with zero attached hydrogens (tertiary/aromatic N) is 2. The van der Waals surface area contributed by atoms with Crippen LogP contribution in [0.4, 0.5) is 10.2 Å². The van der Waals surface area contributed by atoms with Crippen molar-refractivity contribution in [3.8, 4) is 11.3 Å². The van der Waals surface area contributed by atoms with Gasteiger partial charge in [-0.3, -0.25) is 0 Å². The highest BCUT2D eigenvalue weighted by Gasteiger charge is 2.07. The minimum atomic E-state index is -0.312. The zero-order chi connectivity index (χ0) is 13.7. The Kier molecular flexibility index (Phi) is 4.81. The van der Waals surface area contributed by atoms with E-state index in [1.165, 1.54) is 6.07 Å². The Morgan fingerprint density at radius 3 is 2.68 bits per heavy atom. The van der Waals surface area contributed by atoms with Crippen molar-refractivity contribution in [3.63, 3.8) is 0 Å². The molecule has 1 aromatic heterocycles. The van der Waals surface area contributed by atoms with Gasteiger partial charge in [0.15, 0.2) is 0 Å². The van der Waals surface area contributed by atoms with Crippen molar-refractivity contribution in [2.45, 2.75) is 0 Å². The van der Waals surface area contributed by atoms with E-state index in [0.29, 0.717) is 17.1 Å². The fraction of sp³-hybridized carbons (Fsp3) is 0.231. The van der Waals surface area contributed by atoms with E-state index < -0.39 is 0 Å². The molecule has 0 radical (unpaired) electrons. The Balaban J connectivity index is 2.15. The number of anilines is 1. The van der Waals surface area contributed by atoms with Crippen LogP contribution in [0, 0.1) is 5.82 Å². The van der Waals surface area contributed by atoms with Gasteiger partial charge in [-0.2, -0.15) is 0 Å². The predicted octanol–water partition coefficient (Wildman–Crippen LogP) is 2.68. The fourth-order valence-electron chi connectivity index (χ4n) is 1.58. The van der Waals surface area contributed by atoms with Crippen LogP contribution in [-0.4, -0.2) is 30.3 Å². The molecule has 1 aromatic carbocycles. The molecule has 0 spiro atoms. The average molecular weight is 325 g/mol. The third kappa shape index (κ3) is 3.71. The van der Waals surface area contributed by atoms with Crippen LogP contribution in [0.25, 0.3) is 11.3 Å². The van der Waals surface area contributed by atoms with E-state index in [1.54, 1.807) is 24.3 Å². The zero-order valence-electron chi connectivity index (χ0n) is 10.5. The van der Waals surface area contributed by atoms with Crippen molar-refractivity contribution >= 4 is 21.7 Å². The fourth-order valence-corrected chi connectivity index (χ4v) is 1.94. The molecule has 0 bridgehead atoms. The number of rotatable bonds is 5. The zero-order valence-corrected chi connectivity index (χ0v) is 12.0. The number of halogens is 2. The third-order valence-electron chi connectivity index (χ3n) is 2.55. The van der Waals surface area contributed by atoms with E-state index in [1.807, 2.05) is 7.05 Å². The molecule has 19 heavy (non-hydrogen) atoms. The molecule has 6 heteroatoms. The predicted molar refractivity (Wildman–Crippen MR) is 77.5 cm³/mol. The Labute approximate surface area is 119 Å². The lowest BCUT2D eigenvalue weighted by atomic mass is 10.1. The quantitative estimate of drug-likeness (QED) is 0.830. The molecule has 2 N–H and O–H groups in total. The SMILES string of the molecule is CNCCNc1ccc(-c2cc(Br)ccc2F)nn1. The second-order valence-corrected chi connectivity index (χ2v) is 4.87. The molecule has 0 unspecified atom stereocenters. The smallest absolute Gasteiger partial charge is 0.148 e. The van der Waals surface area contributed by atoms with Crippen molar-refractivity contribution in [2.75, 3.05) is 25.5 Å². The Morgan fingerprint density at radius 2 is 2.00 bits per heavy atom. The van der Waals surface area contributed by atoms with Crippen LogP contribution in [0.15, 0.2) is 34.8 Å². The molecular formula is C13H14BrFN4. The van der Waals surface area contributed by atoms with Crippen LogP contribution < -0.4 is 10.6 Å². The summed E-state index contributed by atoms with van der Waals surface area (Å²) in [4.78, 5) is 0. The highest BCUT2D eigenvalue weighted by molar-refractivity contribution is 9.10. The maximum atomic E-state index is 13.7. The maximum Gasteiger partial charge on any atom is 0.148 e. The molecular weight excluding hydrogens is 311 g/mol. The van der Waals surface area contributed by atoms with Crippen LogP contribution in [0.2, 0.25) is 0 Å². The Hall–Kier alpha value is -1.53. The average Bonchev–Trinajstić information content (AvgIpc) is 2.43. The number of hydrogen-bond donors (Lipinski definition) is 2. The lowest BCUT2D eigenvalue weighted by molar-refractivity contribution is 0.630. The second kappa shape index (κ2) is 6.58. The number of aromatic nitrogens is 2. The summed E-state index contributed by atoms with van der Waals surface area (Å²) in [5.74, 6) is 0.364. The lowest BCUT2D eigenvalue weighted by Crippen LogP contribution is -2.18. The summed E-state index contributed by atoms with van der Waals surface area (Å²) >= 11 is 3.32. The van der Waals surface area contributed by atoms with Crippen molar-refractivity contribution in [3.05, 3.63) is 40.6 Å². The first-order valence-electron chi connectivity index (χ1n) is 5.88. The van der Waals surface area contributed by atoms with E-state index in [9.17, 15) is 4.39 Å². The number of nitrogens with one attached hydrogen (secondary N) is 2. The van der Waals surface area contributed by atoms with Crippen LogP contribution in [0.5, 0.6) is 0 Å². The Bertz CT molecular complexity index is 545. The van der Waals surface area contributed by atoms with E-state index >= 15 is 0 Å². The molecule has 0 aliphatic rings. The summed E-state index contributed by atoms with van der Waals surface area (Å²) < 4.78 is 14.5. The van der Waals surface area contributed by atoms with Gasteiger partial charge in [0.05, 0.1) is 5.69 Å². The van der Waals surface area contributed by atoms with Crippen molar-refractivity contribution in [1.29, 1.82) is 0 Å². The molecule has 0 aliphatic carbocycles. The summed E-state index contributed by atoms with van der Waals surface area (Å²) in [6, 6.07) is 8.28. The van der Waals surface area contributed by atoms with E-state index in [0.717, 1.165) is 17.6 Å². The van der Waals surface area contributed by atoms with Gasteiger partial charge in [0.1, 0.15) is 11.6 Å². The number of likely N-dealkylation sites (N-methyl/N-ethyl adjacent to an activating group) is 1. The van der Waals surface area contributed by atoms with Gasteiger partial charge in [0.2, 0.25) is 0 Å². The normalized spacial score (nSPS) is 10.5. The molecule has 100 valence electrons. The molecule has 4 nitrogen and oxygen atoms in total. The minimum Gasteiger partial charge on any atom is -0.367 e. The van der Waals surface area contributed by atoms with Gasteiger partial charge in [0.25, 0.3) is 0 Å². The summed E-state index contributed by atoms with van der Waals surface area (Å²) in [7, 11) is 1.88. The first-order chi connectivity index (χ1) is 9.20. The van der Waals surface area contributed by atoms with Crippen molar-refractivity contribution < 1.29 is 4.39 Å². The maximum absolute atomic E-state index is 13.7. The van der Waals surface area contributed by atoms with Gasteiger partial charge in [0, 0.05) is 23.1 Å². The summed E-state index contributed by atoms with van der Waals surface area (Å²) in [5.41, 5.74) is 0.946. The highest BCUT2D eigenvalue weighted by atomic mass is 79.9. The number of benzene rings is 1. The van der Waals surface area contributed by atoms with Crippen LogP contribution >= 0.6 is 15.9 Å². The molecule has 2 rings (SSSR count). The molecule has 0 saturated heterocycles. The largest absolute Gasteiger partial charge is 0.367 e. The second-order valence-electron chi connectivity index (χ2n) is 3.96. The molecule has 1 heterocycles. The van der Waals surface area contributed by atoms with Gasteiger partial charge in [-0.25, -0.2) is 4.39 Å². The molecule has 0 aliphatic heterocycles. The molecule has 2 aromatic rings. The lowest BCUT2D eigenvalue weighted by Gasteiger charge is -2.06. The minimum absolute atomic E-state index is 0.312.